The van der Waals surface area contributed by atoms with E-state index in [0.29, 0.717) is 24.6 Å². The van der Waals surface area contributed by atoms with Crippen LogP contribution in [-0.2, 0) is 22.5 Å². The van der Waals surface area contributed by atoms with Crippen LogP contribution in [0.3, 0.4) is 0 Å². The van der Waals surface area contributed by atoms with Crippen LogP contribution < -0.4 is 0 Å². The number of methoxy groups -OCH3 is 1. The summed E-state index contributed by atoms with van der Waals surface area (Å²) in [5.41, 5.74) is 1.13. The van der Waals surface area contributed by atoms with Gasteiger partial charge < -0.3 is 19.3 Å². The lowest BCUT2D eigenvalue weighted by Crippen LogP contribution is -2.26. The Morgan fingerprint density at radius 1 is 1.32 bits per heavy atom. The maximum atomic E-state index is 12.2. The topological polar surface area (TPSA) is 106 Å². The molecular formula is C17H21N3O5. The van der Waals surface area contributed by atoms with E-state index in [2.05, 4.69) is 10.1 Å². The second kappa shape index (κ2) is 8.39. The van der Waals surface area contributed by atoms with Gasteiger partial charge in [-0.05, 0) is 31.0 Å². The van der Waals surface area contributed by atoms with Crippen LogP contribution in [0.15, 0.2) is 28.8 Å². The normalized spacial score (nSPS) is 12.0. The molecule has 1 atom stereocenters. The SMILES string of the molecule is COC(C)c1noc(CN(C)C(=O)CCc2ccc(C(=O)O)cc2)n1. The molecule has 0 aliphatic heterocycles. The van der Waals surface area contributed by atoms with Crippen LogP contribution in [0, 0.1) is 0 Å². The van der Waals surface area contributed by atoms with Crippen molar-refractivity contribution in [3.05, 3.63) is 47.1 Å². The Balaban J connectivity index is 1.85. The van der Waals surface area contributed by atoms with E-state index >= 15 is 0 Å². The number of aromatic carboxylic acids is 1. The van der Waals surface area contributed by atoms with Crippen LogP contribution in [0.25, 0.3) is 0 Å². The Hall–Kier alpha value is -2.74. The number of aryl methyl sites for hydroxylation is 1. The number of carbonyl (C=O) groups is 2. The predicted molar refractivity (Wildman–Crippen MR) is 87.9 cm³/mol. The molecule has 8 nitrogen and oxygen atoms in total. The van der Waals surface area contributed by atoms with E-state index in [1.54, 1.807) is 33.2 Å². The third kappa shape index (κ3) is 5.12. The van der Waals surface area contributed by atoms with Crippen LogP contribution in [0.4, 0.5) is 0 Å². The number of amides is 1. The third-order valence-electron chi connectivity index (χ3n) is 3.83. The first-order chi connectivity index (χ1) is 11.9. The maximum Gasteiger partial charge on any atom is 0.335 e. The summed E-state index contributed by atoms with van der Waals surface area (Å²) in [4.78, 5) is 28.7. The van der Waals surface area contributed by atoms with Crippen molar-refractivity contribution in [2.75, 3.05) is 14.2 Å². The van der Waals surface area contributed by atoms with Gasteiger partial charge in [0.15, 0.2) is 5.82 Å². The van der Waals surface area contributed by atoms with Gasteiger partial charge in [-0.25, -0.2) is 4.79 Å². The number of hydrogen-bond acceptors (Lipinski definition) is 6. The molecule has 0 aliphatic rings. The van der Waals surface area contributed by atoms with Crippen molar-refractivity contribution in [3.63, 3.8) is 0 Å². The molecule has 8 heteroatoms. The van der Waals surface area contributed by atoms with E-state index in [9.17, 15) is 9.59 Å². The minimum absolute atomic E-state index is 0.0677. The summed E-state index contributed by atoms with van der Waals surface area (Å²) in [5.74, 6) is -0.247. The van der Waals surface area contributed by atoms with Gasteiger partial charge in [-0.1, -0.05) is 17.3 Å². The van der Waals surface area contributed by atoms with Gasteiger partial charge in [-0.15, -0.1) is 0 Å². The molecule has 1 heterocycles. The first kappa shape index (κ1) is 18.6. The molecule has 1 amide bonds. The Morgan fingerprint density at radius 2 is 2.00 bits per heavy atom. The molecule has 0 bridgehead atoms. The molecule has 134 valence electrons. The average molecular weight is 347 g/mol. The minimum Gasteiger partial charge on any atom is -0.478 e. The monoisotopic (exact) mass is 347 g/mol. The average Bonchev–Trinajstić information content (AvgIpc) is 3.07. The molecule has 25 heavy (non-hydrogen) atoms. The second-order valence-electron chi connectivity index (χ2n) is 5.68. The molecule has 0 saturated heterocycles. The molecule has 2 rings (SSSR count). The zero-order valence-corrected chi connectivity index (χ0v) is 14.4. The number of carboxylic acids is 1. The number of benzene rings is 1. The van der Waals surface area contributed by atoms with Crippen molar-refractivity contribution in [2.45, 2.75) is 32.4 Å². The van der Waals surface area contributed by atoms with E-state index in [0.717, 1.165) is 5.56 Å². The largest absolute Gasteiger partial charge is 0.478 e. The summed E-state index contributed by atoms with van der Waals surface area (Å²) in [6.45, 7) is 2.03. The zero-order chi connectivity index (χ0) is 18.4. The molecular weight excluding hydrogens is 326 g/mol. The summed E-state index contributed by atoms with van der Waals surface area (Å²) in [6.07, 6.45) is 0.560. The lowest BCUT2D eigenvalue weighted by molar-refractivity contribution is -0.130. The van der Waals surface area contributed by atoms with Crippen molar-refractivity contribution >= 4 is 11.9 Å². The highest BCUT2D eigenvalue weighted by Gasteiger charge is 2.16. The molecule has 1 unspecified atom stereocenters. The van der Waals surface area contributed by atoms with E-state index < -0.39 is 5.97 Å². The van der Waals surface area contributed by atoms with Gasteiger partial charge in [0.05, 0.1) is 12.1 Å². The quantitative estimate of drug-likeness (QED) is 0.779. The summed E-state index contributed by atoms with van der Waals surface area (Å²) in [6, 6.07) is 6.49. The molecule has 1 aromatic carbocycles. The van der Waals surface area contributed by atoms with Gasteiger partial charge in [0.1, 0.15) is 6.10 Å². The number of carboxylic acid groups (broad SMARTS) is 1. The summed E-state index contributed by atoms with van der Waals surface area (Å²) in [7, 11) is 3.22. The summed E-state index contributed by atoms with van der Waals surface area (Å²) < 4.78 is 10.2. The summed E-state index contributed by atoms with van der Waals surface area (Å²) >= 11 is 0. The van der Waals surface area contributed by atoms with Crippen molar-refractivity contribution < 1.29 is 24.0 Å². The Kier molecular flexibility index (Phi) is 6.24. The lowest BCUT2D eigenvalue weighted by atomic mass is 10.1. The van der Waals surface area contributed by atoms with Crippen LogP contribution >= 0.6 is 0 Å². The zero-order valence-electron chi connectivity index (χ0n) is 14.4. The molecule has 1 aromatic heterocycles. The van der Waals surface area contributed by atoms with E-state index in [1.807, 2.05) is 0 Å². The van der Waals surface area contributed by atoms with Gasteiger partial charge in [-0.3, -0.25) is 4.79 Å². The molecule has 0 spiro atoms. The fourth-order valence-corrected chi connectivity index (χ4v) is 2.15. The van der Waals surface area contributed by atoms with Crippen LogP contribution in [0.2, 0.25) is 0 Å². The molecule has 2 aromatic rings. The lowest BCUT2D eigenvalue weighted by Gasteiger charge is -2.14. The highest BCUT2D eigenvalue weighted by Crippen LogP contribution is 2.13. The van der Waals surface area contributed by atoms with Crippen molar-refractivity contribution in [3.8, 4) is 0 Å². The Labute approximate surface area is 145 Å². The van der Waals surface area contributed by atoms with Crippen molar-refractivity contribution in [1.29, 1.82) is 0 Å². The van der Waals surface area contributed by atoms with Gasteiger partial charge in [0.2, 0.25) is 11.8 Å². The van der Waals surface area contributed by atoms with Crippen molar-refractivity contribution in [1.82, 2.24) is 15.0 Å². The highest BCUT2D eigenvalue weighted by atomic mass is 16.5. The van der Waals surface area contributed by atoms with E-state index in [4.69, 9.17) is 14.4 Å². The maximum absolute atomic E-state index is 12.2. The summed E-state index contributed by atoms with van der Waals surface area (Å²) in [5, 5.41) is 12.7. The number of ether oxygens (including phenoxy) is 1. The predicted octanol–water partition coefficient (Wildman–Crippen LogP) is 2.07. The van der Waals surface area contributed by atoms with Crippen LogP contribution in [0.1, 0.15) is 47.1 Å². The van der Waals surface area contributed by atoms with Crippen LogP contribution in [0.5, 0.6) is 0 Å². The molecule has 0 saturated carbocycles. The second-order valence-corrected chi connectivity index (χ2v) is 5.68. The highest BCUT2D eigenvalue weighted by molar-refractivity contribution is 5.87. The molecule has 0 radical (unpaired) electrons. The first-order valence-electron chi connectivity index (χ1n) is 7.82. The molecule has 0 aliphatic carbocycles. The van der Waals surface area contributed by atoms with Gasteiger partial charge >= 0.3 is 5.97 Å². The molecule has 1 N–H and O–H groups in total. The standard InChI is InChI=1S/C17H21N3O5/c1-11(24-3)16-18-14(25-19-16)10-20(2)15(21)9-6-12-4-7-13(8-5-12)17(22)23/h4-5,7-8,11H,6,9-10H2,1-3H3,(H,22,23). The number of aromatic nitrogens is 2. The third-order valence-corrected chi connectivity index (χ3v) is 3.83. The minimum atomic E-state index is -0.968. The molecule has 0 fully saturated rings. The fourth-order valence-electron chi connectivity index (χ4n) is 2.15. The first-order valence-corrected chi connectivity index (χ1v) is 7.82. The van der Waals surface area contributed by atoms with E-state index in [-0.39, 0.29) is 24.1 Å². The number of carbonyl (C=O) groups excluding carboxylic acids is 1. The van der Waals surface area contributed by atoms with Crippen molar-refractivity contribution in [2.24, 2.45) is 0 Å². The van der Waals surface area contributed by atoms with Gasteiger partial charge in [0, 0.05) is 20.6 Å². The van der Waals surface area contributed by atoms with Gasteiger partial charge in [0.25, 0.3) is 0 Å². The fraction of sp³-hybridized carbons (Fsp3) is 0.412. The van der Waals surface area contributed by atoms with Crippen LogP contribution in [-0.4, -0.2) is 46.2 Å². The number of rotatable bonds is 8. The Morgan fingerprint density at radius 3 is 2.60 bits per heavy atom. The van der Waals surface area contributed by atoms with E-state index in [1.165, 1.54) is 17.0 Å². The smallest absolute Gasteiger partial charge is 0.335 e. The Bertz CT molecular complexity index is 726. The number of hydrogen-bond donors (Lipinski definition) is 1. The number of nitrogens with zero attached hydrogens (tertiary/aromatic N) is 3. The van der Waals surface area contributed by atoms with Gasteiger partial charge in [-0.2, -0.15) is 4.98 Å².